The van der Waals surface area contributed by atoms with E-state index in [1.165, 1.54) is 6.20 Å². The van der Waals surface area contributed by atoms with Crippen molar-refractivity contribution < 1.29 is 17.9 Å². The van der Waals surface area contributed by atoms with Crippen LogP contribution in [0.15, 0.2) is 18.3 Å². The number of ether oxygens (including phenoxy) is 1. The molecule has 1 amide bonds. The molecule has 2 aromatic rings. The van der Waals surface area contributed by atoms with Crippen LogP contribution in [0, 0.1) is 0 Å². The molecule has 0 spiro atoms. The zero-order valence-corrected chi connectivity index (χ0v) is 17.0. The number of carbonyl (C=O) groups excluding carboxylic acids is 1. The normalized spacial score (nSPS) is 22.2. The van der Waals surface area contributed by atoms with Crippen LogP contribution in [0.25, 0.3) is 0 Å². The first kappa shape index (κ1) is 19.5. The minimum Gasteiger partial charge on any atom is -0.446 e. The first-order chi connectivity index (χ1) is 13.8. The van der Waals surface area contributed by atoms with Crippen molar-refractivity contribution in [2.75, 3.05) is 10.0 Å². The largest absolute Gasteiger partial charge is 0.446 e. The van der Waals surface area contributed by atoms with Gasteiger partial charge in [0.15, 0.2) is 5.82 Å². The van der Waals surface area contributed by atoms with Gasteiger partial charge in [0.25, 0.3) is 0 Å². The highest BCUT2D eigenvalue weighted by Crippen LogP contribution is 2.36. The molecule has 4 rings (SSSR count). The van der Waals surface area contributed by atoms with E-state index in [0.717, 1.165) is 25.0 Å². The zero-order valence-electron chi connectivity index (χ0n) is 16.2. The summed E-state index contributed by atoms with van der Waals surface area (Å²) >= 11 is 0. The fraction of sp³-hybridized carbons (Fsp3) is 0.500. The number of anilines is 3. The molecule has 1 aliphatic carbocycles. The van der Waals surface area contributed by atoms with Gasteiger partial charge in [-0.3, -0.25) is 9.82 Å². The lowest BCUT2D eigenvalue weighted by molar-refractivity contribution is 0.0981. The zero-order chi connectivity index (χ0) is 20.6. The number of nitrogens with one attached hydrogen (secondary N) is 4. The Balaban J connectivity index is 1.36. The Hall–Kier alpha value is -2.82. The average Bonchev–Trinajstić information content (AvgIpc) is 3.31. The summed E-state index contributed by atoms with van der Waals surface area (Å²) in [7, 11) is -3.30. The maximum absolute atomic E-state index is 11.8. The average molecular weight is 420 g/mol. The van der Waals surface area contributed by atoms with Gasteiger partial charge in [-0.15, -0.1) is 0 Å². The van der Waals surface area contributed by atoms with Crippen LogP contribution >= 0.6 is 0 Å². The summed E-state index contributed by atoms with van der Waals surface area (Å²) in [4.78, 5) is 16.0. The van der Waals surface area contributed by atoms with Crippen molar-refractivity contribution in [1.29, 1.82) is 0 Å². The van der Waals surface area contributed by atoms with Crippen molar-refractivity contribution in [2.24, 2.45) is 0 Å². The summed E-state index contributed by atoms with van der Waals surface area (Å²) in [6.45, 7) is 3.78. The molecule has 11 heteroatoms. The SMILES string of the molecule is CC(C)NC(=O)O[C@H]1CC[C@@H](c2cc(Nc3cc4c(cn3)NS(=O)(=O)C4)n[nH]2)C1. The molecule has 156 valence electrons. The fourth-order valence-electron chi connectivity index (χ4n) is 3.68. The number of fused-ring (bicyclic) bond motifs is 1. The summed E-state index contributed by atoms with van der Waals surface area (Å²) in [6.07, 6.45) is 3.47. The number of hydrogen-bond donors (Lipinski definition) is 4. The summed E-state index contributed by atoms with van der Waals surface area (Å²) in [5.74, 6) is 1.30. The van der Waals surface area contributed by atoms with Gasteiger partial charge in [0.05, 0.1) is 17.6 Å². The van der Waals surface area contributed by atoms with Gasteiger partial charge in [-0.2, -0.15) is 5.10 Å². The lowest BCUT2D eigenvalue weighted by atomic mass is 10.0. The van der Waals surface area contributed by atoms with E-state index in [1.807, 2.05) is 19.9 Å². The lowest BCUT2D eigenvalue weighted by Crippen LogP contribution is -2.33. The molecule has 1 fully saturated rings. The highest BCUT2D eigenvalue weighted by Gasteiger charge is 2.30. The van der Waals surface area contributed by atoms with Gasteiger partial charge in [0.1, 0.15) is 11.9 Å². The lowest BCUT2D eigenvalue weighted by Gasteiger charge is -2.14. The van der Waals surface area contributed by atoms with E-state index >= 15 is 0 Å². The number of carbonyl (C=O) groups is 1. The second-order valence-corrected chi connectivity index (χ2v) is 9.48. The predicted molar refractivity (Wildman–Crippen MR) is 107 cm³/mol. The molecule has 2 aromatic heterocycles. The van der Waals surface area contributed by atoms with E-state index in [4.69, 9.17) is 4.74 Å². The molecule has 0 radical (unpaired) electrons. The number of H-pyrrole nitrogens is 1. The Morgan fingerprint density at radius 1 is 1.28 bits per heavy atom. The maximum atomic E-state index is 11.8. The van der Waals surface area contributed by atoms with Crippen LogP contribution in [0.3, 0.4) is 0 Å². The molecule has 10 nitrogen and oxygen atoms in total. The standard InChI is InChI=1S/C18H24N6O4S/c1-10(2)20-18(25)28-13-4-3-11(5-13)14-7-17(23-22-14)21-16-6-12-9-29(26,27)24-15(12)8-19-16/h6-8,10-11,13,24H,3-5,9H2,1-2H3,(H,20,25)(H2,19,21,22,23)/t11-,13+/m1/s1. The third-order valence-corrected chi connectivity index (χ3v) is 6.18. The van der Waals surface area contributed by atoms with Gasteiger partial charge >= 0.3 is 6.09 Å². The quantitative estimate of drug-likeness (QED) is 0.583. The number of rotatable bonds is 5. The Morgan fingerprint density at radius 2 is 2.10 bits per heavy atom. The second-order valence-electron chi connectivity index (χ2n) is 7.76. The van der Waals surface area contributed by atoms with Crippen LogP contribution in [-0.2, 0) is 20.5 Å². The number of sulfonamides is 1. The number of hydrogen-bond acceptors (Lipinski definition) is 7. The molecule has 4 N–H and O–H groups in total. The van der Waals surface area contributed by atoms with Crippen LogP contribution in [0.5, 0.6) is 0 Å². The van der Waals surface area contributed by atoms with E-state index in [1.54, 1.807) is 6.07 Å². The number of aromatic amines is 1. The second kappa shape index (κ2) is 7.54. The molecule has 29 heavy (non-hydrogen) atoms. The smallest absolute Gasteiger partial charge is 0.407 e. The summed E-state index contributed by atoms with van der Waals surface area (Å²) in [5, 5.41) is 13.1. The number of pyridine rings is 1. The van der Waals surface area contributed by atoms with Crippen molar-refractivity contribution in [3.8, 4) is 0 Å². The van der Waals surface area contributed by atoms with Gasteiger partial charge in [-0.25, -0.2) is 18.2 Å². The molecule has 1 saturated carbocycles. The molecular weight excluding hydrogens is 396 g/mol. The van der Waals surface area contributed by atoms with E-state index < -0.39 is 10.0 Å². The molecule has 0 aromatic carbocycles. The molecule has 1 aliphatic heterocycles. The Bertz CT molecular complexity index is 1020. The highest BCUT2D eigenvalue weighted by atomic mass is 32.2. The molecule has 0 saturated heterocycles. The first-order valence-electron chi connectivity index (χ1n) is 9.56. The highest BCUT2D eigenvalue weighted by molar-refractivity contribution is 7.92. The van der Waals surface area contributed by atoms with Crippen molar-refractivity contribution in [3.63, 3.8) is 0 Å². The first-order valence-corrected chi connectivity index (χ1v) is 11.2. The monoisotopic (exact) mass is 420 g/mol. The van der Waals surface area contributed by atoms with Gasteiger partial charge in [0, 0.05) is 23.7 Å². The molecule has 2 atom stereocenters. The molecule has 3 heterocycles. The fourth-order valence-corrected chi connectivity index (χ4v) is 4.92. The minimum absolute atomic E-state index is 0.0460. The predicted octanol–water partition coefficient (Wildman–Crippen LogP) is 2.57. The van der Waals surface area contributed by atoms with Gasteiger partial charge in [-0.1, -0.05) is 0 Å². The molecule has 2 aliphatic rings. The van der Waals surface area contributed by atoms with Gasteiger partial charge in [0.2, 0.25) is 10.0 Å². The van der Waals surface area contributed by atoms with Crippen LogP contribution in [-0.4, -0.2) is 41.8 Å². The third kappa shape index (κ3) is 4.61. The van der Waals surface area contributed by atoms with Gasteiger partial charge < -0.3 is 15.4 Å². The maximum Gasteiger partial charge on any atom is 0.407 e. The Labute approximate surface area is 168 Å². The topological polar surface area (TPSA) is 138 Å². The number of aromatic nitrogens is 3. The van der Waals surface area contributed by atoms with E-state index in [-0.39, 0.29) is 29.9 Å². The molecular formula is C18H24N6O4S. The summed E-state index contributed by atoms with van der Waals surface area (Å²) in [6, 6.07) is 3.66. The summed E-state index contributed by atoms with van der Waals surface area (Å²) < 4.78 is 31.2. The van der Waals surface area contributed by atoms with Crippen LogP contribution in [0.2, 0.25) is 0 Å². The van der Waals surface area contributed by atoms with Crippen LogP contribution < -0.4 is 15.4 Å². The Morgan fingerprint density at radius 3 is 2.90 bits per heavy atom. The van der Waals surface area contributed by atoms with Crippen molar-refractivity contribution in [3.05, 3.63) is 29.6 Å². The van der Waals surface area contributed by atoms with Crippen molar-refractivity contribution in [1.82, 2.24) is 20.5 Å². The van der Waals surface area contributed by atoms with E-state index in [0.29, 0.717) is 22.9 Å². The number of amides is 1. The van der Waals surface area contributed by atoms with Crippen LogP contribution in [0.4, 0.5) is 22.1 Å². The molecule has 0 unspecified atom stereocenters. The van der Waals surface area contributed by atoms with Crippen molar-refractivity contribution in [2.45, 2.75) is 56.9 Å². The number of nitrogens with zero attached hydrogens (tertiary/aromatic N) is 2. The van der Waals surface area contributed by atoms with E-state index in [2.05, 4.69) is 30.5 Å². The third-order valence-electron chi connectivity index (χ3n) is 4.96. The molecule has 0 bridgehead atoms. The van der Waals surface area contributed by atoms with Crippen LogP contribution in [0.1, 0.15) is 50.3 Å². The minimum atomic E-state index is -3.30. The number of alkyl carbamates (subject to hydrolysis) is 1. The van der Waals surface area contributed by atoms with Gasteiger partial charge in [-0.05, 0) is 44.7 Å². The Kier molecular flexibility index (Phi) is 5.07. The van der Waals surface area contributed by atoms with E-state index in [9.17, 15) is 13.2 Å². The van der Waals surface area contributed by atoms with Crippen molar-refractivity contribution >= 4 is 33.4 Å². The summed E-state index contributed by atoms with van der Waals surface area (Å²) in [5.41, 5.74) is 2.15.